The summed E-state index contributed by atoms with van der Waals surface area (Å²) < 4.78 is 9.20. The van der Waals surface area contributed by atoms with E-state index in [2.05, 4.69) is 136 Å². The van der Waals surface area contributed by atoms with E-state index in [1.165, 1.54) is 27.1 Å². The molecule has 14 heteroatoms. The predicted octanol–water partition coefficient (Wildman–Crippen LogP) is 8.87. The van der Waals surface area contributed by atoms with Crippen molar-refractivity contribution in [2.45, 2.75) is 91.8 Å². The molecule has 7 rings (SSSR count). The fourth-order valence-electron chi connectivity index (χ4n) is 7.74. The normalized spacial score (nSPS) is 15.8. The van der Waals surface area contributed by atoms with Gasteiger partial charge in [0.25, 0.3) is 0 Å². The Labute approximate surface area is 365 Å². The lowest BCUT2D eigenvalue weighted by atomic mass is 9.97. The largest absolute Gasteiger partial charge is 0.453 e. The number of H-pyrrole nitrogens is 2. The highest BCUT2D eigenvalue weighted by Crippen LogP contribution is 2.49. The van der Waals surface area contributed by atoms with Crippen LogP contribution in [-0.4, -0.2) is 93.6 Å². The number of fused-ring (bicyclic) bond motifs is 3. The SMILES string of the molecule is C#C.CCC.CCC.CCCN(Cc1ncc(-c2ccc3cc(-c4ccc(-c5cnc(C6[C@H]7CC[C@H](C7)N6C(=O)CNC(=O)OC)[nH]5)cc4)ccc3c2)[nH]1)C(=O)CNC(=O)OC. The van der Waals surface area contributed by atoms with Crippen LogP contribution in [0.4, 0.5) is 9.59 Å². The van der Waals surface area contributed by atoms with Crippen molar-refractivity contribution in [2.75, 3.05) is 33.9 Å². The number of piperidine rings is 1. The Bertz CT molecular complexity index is 2240. The molecule has 4 amide bonds. The Kier molecular flexibility index (Phi) is 18.6. The van der Waals surface area contributed by atoms with Crippen molar-refractivity contribution in [1.82, 2.24) is 40.4 Å². The summed E-state index contributed by atoms with van der Waals surface area (Å²) in [4.78, 5) is 68.5. The number of carbonyl (C=O) groups is 4. The molecule has 1 saturated heterocycles. The van der Waals surface area contributed by atoms with Crippen LogP contribution >= 0.6 is 0 Å². The first-order valence-corrected chi connectivity index (χ1v) is 21.4. The molecule has 2 fully saturated rings. The molecule has 0 radical (unpaired) electrons. The summed E-state index contributed by atoms with van der Waals surface area (Å²) in [5.74, 6) is 1.42. The topological polar surface area (TPSA) is 175 Å². The molecule has 2 aromatic heterocycles. The number of carbonyl (C=O) groups excluding carboxylic acids is 4. The highest BCUT2D eigenvalue weighted by molar-refractivity contribution is 5.91. The summed E-state index contributed by atoms with van der Waals surface area (Å²) in [5, 5.41) is 7.15. The zero-order chi connectivity index (χ0) is 45.2. The number of methoxy groups -OCH3 is 2. The Balaban J connectivity index is 0.000000986. The number of nitrogens with one attached hydrogen (secondary N) is 4. The molecule has 4 N–H and O–H groups in total. The quantitative estimate of drug-likeness (QED) is 0.0901. The number of aromatic amines is 2. The van der Waals surface area contributed by atoms with Crippen molar-refractivity contribution in [3.63, 3.8) is 0 Å². The second-order valence-electron chi connectivity index (χ2n) is 15.2. The molecular weight excluding hydrogens is 785 g/mol. The van der Waals surface area contributed by atoms with Gasteiger partial charge in [0, 0.05) is 18.2 Å². The minimum absolute atomic E-state index is 0.105. The van der Waals surface area contributed by atoms with Gasteiger partial charge in [-0.3, -0.25) is 9.59 Å². The third-order valence-electron chi connectivity index (χ3n) is 10.4. The number of imidazole rings is 2. The van der Waals surface area contributed by atoms with E-state index in [4.69, 9.17) is 4.98 Å². The molecule has 3 aromatic carbocycles. The molecule has 14 nitrogen and oxygen atoms in total. The second kappa shape index (κ2) is 24.0. The fourth-order valence-corrected chi connectivity index (χ4v) is 7.74. The van der Waals surface area contributed by atoms with Gasteiger partial charge in [0.15, 0.2) is 0 Å². The summed E-state index contributed by atoms with van der Waals surface area (Å²) in [6, 6.07) is 21.0. The van der Waals surface area contributed by atoms with Crippen LogP contribution in [0.25, 0.3) is 44.4 Å². The maximum Gasteiger partial charge on any atom is 0.407 e. The summed E-state index contributed by atoms with van der Waals surface area (Å²) in [6.45, 7) is 11.1. The number of amides is 4. The lowest BCUT2D eigenvalue weighted by molar-refractivity contribution is -0.135. The van der Waals surface area contributed by atoms with Gasteiger partial charge in [-0.15, -0.1) is 12.8 Å². The first-order valence-electron chi connectivity index (χ1n) is 21.4. The zero-order valence-corrected chi connectivity index (χ0v) is 37.1. The summed E-state index contributed by atoms with van der Waals surface area (Å²) in [7, 11) is 2.54. The van der Waals surface area contributed by atoms with E-state index in [-0.39, 0.29) is 37.0 Å². The average Bonchev–Trinajstić information content (AvgIpc) is 4.14. The number of hydrogen-bond donors (Lipinski definition) is 4. The van der Waals surface area contributed by atoms with Crippen LogP contribution in [0.1, 0.15) is 90.8 Å². The summed E-state index contributed by atoms with van der Waals surface area (Å²) in [5.41, 5.74) is 5.88. The van der Waals surface area contributed by atoms with E-state index >= 15 is 0 Å². The number of nitrogens with zero attached hydrogens (tertiary/aromatic N) is 4. The van der Waals surface area contributed by atoms with Gasteiger partial charge in [-0.2, -0.15) is 0 Å². The highest BCUT2D eigenvalue weighted by atomic mass is 16.5. The maximum atomic E-state index is 13.1. The molecular formula is C48H62N8O6. The number of alkyl carbamates (subject to hydrolysis) is 2. The third-order valence-corrected chi connectivity index (χ3v) is 10.4. The molecule has 62 heavy (non-hydrogen) atoms. The van der Waals surface area contributed by atoms with Gasteiger partial charge in [-0.25, -0.2) is 19.6 Å². The second-order valence-corrected chi connectivity index (χ2v) is 15.2. The molecule has 2 aliphatic rings. The molecule has 3 atom stereocenters. The van der Waals surface area contributed by atoms with Crippen LogP contribution < -0.4 is 10.6 Å². The molecule has 1 unspecified atom stereocenters. The van der Waals surface area contributed by atoms with Crippen molar-refractivity contribution in [3.8, 4) is 46.5 Å². The van der Waals surface area contributed by atoms with Crippen molar-refractivity contribution in [3.05, 3.63) is 84.7 Å². The van der Waals surface area contributed by atoms with Crippen LogP contribution in [0, 0.1) is 18.8 Å². The molecule has 1 aliphatic heterocycles. The zero-order valence-electron chi connectivity index (χ0n) is 37.1. The van der Waals surface area contributed by atoms with Crippen molar-refractivity contribution < 1.29 is 28.7 Å². The smallest absolute Gasteiger partial charge is 0.407 e. The molecule has 330 valence electrons. The monoisotopic (exact) mass is 846 g/mol. The third kappa shape index (κ3) is 12.2. The van der Waals surface area contributed by atoms with E-state index in [9.17, 15) is 19.2 Å². The maximum absolute atomic E-state index is 13.1. The Hall–Kier alpha value is -6.62. The number of terminal acetylenes is 1. The molecule has 1 aliphatic carbocycles. The van der Waals surface area contributed by atoms with Crippen LogP contribution in [-0.2, 0) is 25.6 Å². The van der Waals surface area contributed by atoms with E-state index in [1.807, 2.05) is 18.0 Å². The average molecular weight is 847 g/mol. The molecule has 5 aromatic rings. The van der Waals surface area contributed by atoms with Crippen LogP contribution in [0.3, 0.4) is 0 Å². The lowest BCUT2D eigenvalue weighted by Gasteiger charge is -2.34. The van der Waals surface area contributed by atoms with Crippen LogP contribution in [0.5, 0.6) is 0 Å². The number of rotatable bonds is 12. The minimum atomic E-state index is -0.648. The first-order chi connectivity index (χ1) is 30.1. The Morgan fingerprint density at radius 2 is 1.29 bits per heavy atom. The van der Waals surface area contributed by atoms with Crippen molar-refractivity contribution in [2.24, 2.45) is 5.92 Å². The van der Waals surface area contributed by atoms with E-state index in [0.29, 0.717) is 24.8 Å². The summed E-state index contributed by atoms with van der Waals surface area (Å²) in [6.07, 6.45) is 16.6. The Morgan fingerprint density at radius 3 is 1.92 bits per heavy atom. The number of likely N-dealkylation sites (tertiary alicyclic amines) is 1. The molecule has 3 heterocycles. The van der Waals surface area contributed by atoms with Gasteiger partial charge in [-0.1, -0.05) is 96.0 Å². The number of benzene rings is 3. The van der Waals surface area contributed by atoms with E-state index < -0.39 is 12.2 Å². The molecule has 0 spiro atoms. The first kappa shape index (κ1) is 48.1. The number of ether oxygens (including phenoxy) is 2. The standard InChI is InChI=1S/C40H44N8O6.2C3H8.C2H2/c1-4-15-47(35(49)21-43-39(51)53-2)23-34-41-19-33(45-34)29-12-11-27-16-26(9-10-28(27)17-29)24-5-7-25(8-6-24)32-20-42-38(46-32)37-30-13-14-31(18-30)48(37)36(50)22-44-40(52)54-3;2*1-3-2;1-2/h5-12,16-17,19-20,30-31,37H,4,13-15,18,21-23H2,1-3H3,(H,41,45)(H,42,46)(H,43,51)(H,44,52);2*3H2,1-2H3;1-2H/t30-,31+,37?;;;/m0.../s1. The van der Waals surface area contributed by atoms with Gasteiger partial charge in [0.05, 0.1) is 50.6 Å². The van der Waals surface area contributed by atoms with Crippen molar-refractivity contribution >= 4 is 34.8 Å². The summed E-state index contributed by atoms with van der Waals surface area (Å²) >= 11 is 0. The van der Waals surface area contributed by atoms with Crippen molar-refractivity contribution in [1.29, 1.82) is 0 Å². The van der Waals surface area contributed by atoms with E-state index in [1.54, 1.807) is 11.1 Å². The molecule has 1 saturated carbocycles. The van der Waals surface area contributed by atoms with Gasteiger partial charge < -0.3 is 39.9 Å². The predicted molar refractivity (Wildman–Crippen MR) is 244 cm³/mol. The fraction of sp³-hybridized carbons (Fsp3) is 0.417. The van der Waals surface area contributed by atoms with Crippen LogP contribution in [0.2, 0.25) is 0 Å². The minimum Gasteiger partial charge on any atom is -0.453 e. The Morgan fingerprint density at radius 1 is 0.742 bits per heavy atom. The van der Waals surface area contributed by atoms with Gasteiger partial charge in [0.2, 0.25) is 11.8 Å². The number of aromatic nitrogens is 4. The highest BCUT2D eigenvalue weighted by Gasteiger charge is 2.49. The molecule has 2 bridgehead atoms. The van der Waals surface area contributed by atoms with Gasteiger partial charge in [0.1, 0.15) is 24.7 Å². The lowest BCUT2D eigenvalue weighted by Crippen LogP contribution is -2.45. The van der Waals surface area contributed by atoms with Gasteiger partial charge in [-0.05, 0) is 71.2 Å². The van der Waals surface area contributed by atoms with Gasteiger partial charge >= 0.3 is 12.2 Å². The van der Waals surface area contributed by atoms with E-state index in [0.717, 1.165) is 75.9 Å². The number of hydrogen-bond acceptors (Lipinski definition) is 8. The van der Waals surface area contributed by atoms with Crippen LogP contribution in [0.15, 0.2) is 73.1 Å².